The first-order valence-electron chi connectivity index (χ1n) is 9.50. The Kier molecular flexibility index (Phi) is 6.29. The van der Waals surface area contributed by atoms with Crippen LogP contribution in [0.2, 0.25) is 0 Å². The fourth-order valence-electron chi connectivity index (χ4n) is 3.66. The Morgan fingerprint density at radius 3 is 2.19 bits per heavy atom. The number of fused-ring (bicyclic) bond motifs is 1. The topological polar surface area (TPSA) is 65.1 Å². The summed E-state index contributed by atoms with van der Waals surface area (Å²) < 4.78 is 17.1. The van der Waals surface area contributed by atoms with Gasteiger partial charge in [-0.3, -0.25) is 9.59 Å². The van der Waals surface area contributed by atoms with Gasteiger partial charge < -0.3 is 19.1 Å². The molecule has 160 valence electrons. The van der Waals surface area contributed by atoms with Gasteiger partial charge in [-0.25, -0.2) is 0 Å². The van der Waals surface area contributed by atoms with Crippen molar-refractivity contribution in [3.8, 4) is 17.2 Å². The van der Waals surface area contributed by atoms with Crippen molar-refractivity contribution in [2.75, 3.05) is 32.8 Å². The number of ketones is 2. The number of ether oxygens (including phenoxy) is 3. The van der Waals surface area contributed by atoms with E-state index in [4.69, 9.17) is 14.2 Å². The van der Waals surface area contributed by atoms with E-state index in [9.17, 15) is 9.59 Å². The number of para-hydroxylation sites is 1. The van der Waals surface area contributed by atoms with E-state index in [1.54, 1.807) is 27.4 Å². The van der Waals surface area contributed by atoms with Crippen LogP contribution in [-0.4, -0.2) is 39.4 Å². The molecule has 0 bridgehead atoms. The average molecular weight is 456 g/mol. The van der Waals surface area contributed by atoms with Gasteiger partial charge in [-0.1, -0.05) is 35.7 Å². The summed E-state index contributed by atoms with van der Waals surface area (Å²) in [5.74, 6) is 1.16. The number of carbonyl (C=O) groups is 2. The summed E-state index contributed by atoms with van der Waals surface area (Å²) in [7, 11) is 4.68. The third-order valence-corrected chi connectivity index (χ3v) is 7.17. The number of hydrogen-bond acceptors (Lipinski definition) is 8. The number of rotatable bonds is 5. The molecule has 0 radical (unpaired) electrons. The zero-order chi connectivity index (χ0) is 22.0. The fourth-order valence-corrected chi connectivity index (χ4v) is 5.56. The highest BCUT2D eigenvalue weighted by Crippen LogP contribution is 2.43. The van der Waals surface area contributed by atoms with E-state index in [0.717, 1.165) is 15.5 Å². The number of methoxy groups -OCH3 is 3. The van der Waals surface area contributed by atoms with Gasteiger partial charge in [0.1, 0.15) is 0 Å². The van der Waals surface area contributed by atoms with Gasteiger partial charge in [0.15, 0.2) is 23.1 Å². The Hall–Kier alpha value is -2.84. The number of hydrogen-bond donors (Lipinski definition) is 0. The molecule has 2 aromatic carbocycles. The van der Waals surface area contributed by atoms with Gasteiger partial charge in [0, 0.05) is 17.8 Å². The van der Waals surface area contributed by atoms with Gasteiger partial charge in [-0.05, 0) is 40.6 Å². The minimum Gasteiger partial charge on any atom is -0.493 e. The molecule has 0 spiro atoms. The van der Waals surface area contributed by atoms with Crippen molar-refractivity contribution in [1.29, 1.82) is 0 Å². The van der Waals surface area contributed by atoms with Crippen LogP contribution in [0.25, 0.3) is 0 Å². The van der Waals surface area contributed by atoms with Crippen LogP contribution < -0.4 is 19.1 Å². The molecule has 4 rings (SSSR count). The van der Waals surface area contributed by atoms with E-state index in [1.807, 2.05) is 46.0 Å². The Labute approximate surface area is 189 Å². The van der Waals surface area contributed by atoms with Gasteiger partial charge in [0.25, 0.3) is 0 Å². The molecule has 2 aliphatic rings. The van der Waals surface area contributed by atoms with Crippen molar-refractivity contribution < 1.29 is 23.8 Å². The Bertz CT molecular complexity index is 1070. The van der Waals surface area contributed by atoms with Crippen molar-refractivity contribution in [1.82, 2.24) is 0 Å². The summed E-state index contributed by atoms with van der Waals surface area (Å²) in [6, 6.07) is 11.0. The zero-order valence-electron chi connectivity index (χ0n) is 17.3. The highest BCUT2D eigenvalue weighted by molar-refractivity contribution is 8.27. The zero-order valence-corrected chi connectivity index (χ0v) is 19.0. The SMILES string of the molecule is COc1cc(CN2CC(=O)C(=C3SC=CS3)C(=O)c3ccccc32)cc(OC)c1OC. The standard InChI is InChI=1S/C23H21NO5S2/c1-27-18-10-14(11-19(28-2)22(18)29-3)12-24-13-17(25)20(23-30-8-9-31-23)21(26)15-6-4-5-7-16(15)24/h4-11H,12-13H2,1-3H3. The number of anilines is 1. The van der Waals surface area contributed by atoms with E-state index < -0.39 is 0 Å². The maximum Gasteiger partial charge on any atom is 0.203 e. The highest BCUT2D eigenvalue weighted by Gasteiger charge is 2.33. The predicted octanol–water partition coefficient (Wildman–Crippen LogP) is 4.65. The number of Topliss-reactive ketones (excluding diaryl/α,β-unsaturated/α-hetero) is 2. The molecule has 0 N–H and O–H groups in total. The molecule has 0 fully saturated rings. The summed E-state index contributed by atoms with van der Waals surface area (Å²) >= 11 is 2.83. The molecule has 2 aliphatic heterocycles. The van der Waals surface area contributed by atoms with Crippen molar-refractivity contribution in [2.24, 2.45) is 0 Å². The number of carbonyl (C=O) groups excluding carboxylic acids is 2. The van der Waals surface area contributed by atoms with Gasteiger partial charge >= 0.3 is 0 Å². The third-order valence-electron chi connectivity index (χ3n) is 5.04. The van der Waals surface area contributed by atoms with Crippen molar-refractivity contribution in [3.05, 3.63) is 68.2 Å². The van der Waals surface area contributed by atoms with Crippen LogP contribution in [0.1, 0.15) is 15.9 Å². The molecule has 2 aromatic rings. The summed E-state index contributed by atoms with van der Waals surface area (Å²) in [4.78, 5) is 28.4. The molecule has 0 aliphatic carbocycles. The first kappa shape index (κ1) is 21.4. The Morgan fingerprint density at radius 2 is 1.58 bits per heavy atom. The highest BCUT2D eigenvalue weighted by atomic mass is 32.2. The number of benzene rings is 2. The van der Waals surface area contributed by atoms with Crippen LogP contribution >= 0.6 is 23.5 Å². The molecule has 31 heavy (non-hydrogen) atoms. The van der Waals surface area contributed by atoms with Crippen molar-refractivity contribution in [2.45, 2.75) is 6.54 Å². The third kappa shape index (κ3) is 4.05. The van der Waals surface area contributed by atoms with E-state index in [2.05, 4.69) is 0 Å². The van der Waals surface area contributed by atoms with Crippen LogP contribution in [-0.2, 0) is 11.3 Å². The second-order valence-corrected chi connectivity index (χ2v) is 8.92. The van der Waals surface area contributed by atoms with E-state index in [1.165, 1.54) is 23.5 Å². The van der Waals surface area contributed by atoms with Crippen LogP contribution in [0.4, 0.5) is 5.69 Å². The largest absolute Gasteiger partial charge is 0.493 e. The molecule has 0 amide bonds. The quantitative estimate of drug-likeness (QED) is 0.477. The molecule has 2 heterocycles. The molecule has 0 atom stereocenters. The molecular formula is C23H21NO5S2. The fraction of sp³-hybridized carbons (Fsp3) is 0.217. The molecule has 0 saturated carbocycles. The predicted molar refractivity (Wildman–Crippen MR) is 124 cm³/mol. The van der Waals surface area contributed by atoms with Crippen LogP contribution in [0, 0.1) is 0 Å². The monoisotopic (exact) mass is 455 g/mol. The first-order chi connectivity index (χ1) is 15.1. The lowest BCUT2D eigenvalue weighted by Crippen LogP contribution is -2.29. The second kappa shape index (κ2) is 9.11. The van der Waals surface area contributed by atoms with Crippen LogP contribution in [0.5, 0.6) is 17.2 Å². The maximum atomic E-state index is 13.3. The van der Waals surface area contributed by atoms with Crippen molar-refractivity contribution in [3.63, 3.8) is 0 Å². The lowest BCUT2D eigenvalue weighted by atomic mass is 10.0. The van der Waals surface area contributed by atoms with E-state index in [0.29, 0.717) is 29.4 Å². The minimum atomic E-state index is -0.230. The summed E-state index contributed by atoms with van der Waals surface area (Å²) in [5, 5.41) is 3.77. The summed E-state index contributed by atoms with van der Waals surface area (Å²) in [5.41, 5.74) is 2.38. The molecule has 6 nitrogen and oxygen atoms in total. The molecule has 8 heteroatoms. The lowest BCUT2D eigenvalue weighted by molar-refractivity contribution is -0.114. The maximum absolute atomic E-state index is 13.3. The minimum absolute atomic E-state index is 0.0966. The van der Waals surface area contributed by atoms with E-state index >= 15 is 0 Å². The van der Waals surface area contributed by atoms with Gasteiger partial charge in [-0.2, -0.15) is 0 Å². The Morgan fingerprint density at radius 1 is 0.935 bits per heavy atom. The van der Waals surface area contributed by atoms with Crippen LogP contribution in [0.3, 0.4) is 0 Å². The van der Waals surface area contributed by atoms with Crippen molar-refractivity contribution >= 4 is 40.8 Å². The van der Waals surface area contributed by atoms with Gasteiger partial charge in [0.05, 0.1) is 37.7 Å². The van der Waals surface area contributed by atoms with Gasteiger partial charge in [0.2, 0.25) is 5.75 Å². The summed E-state index contributed by atoms with van der Waals surface area (Å²) in [6.07, 6.45) is 0. The van der Waals surface area contributed by atoms with E-state index in [-0.39, 0.29) is 23.7 Å². The number of nitrogens with zero attached hydrogens (tertiary/aromatic N) is 1. The first-order valence-corrected chi connectivity index (χ1v) is 11.3. The lowest BCUT2D eigenvalue weighted by Gasteiger charge is -2.24. The Balaban J connectivity index is 1.76. The molecule has 0 aromatic heterocycles. The van der Waals surface area contributed by atoms with Gasteiger partial charge in [-0.15, -0.1) is 0 Å². The normalized spacial score (nSPS) is 15.8. The molecular weight excluding hydrogens is 434 g/mol. The molecule has 0 saturated heterocycles. The average Bonchev–Trinajstić information content (AvgIpc) is 3.29. The number of thioether (sulfide) groups is 2. The molecule has 0 unspecified atom stereocenters. The smallest absolute Gasteiger partial charge is 0.203 e. The van der Waals surface area contributed by atoms with Crippen LogP contribution in [0.15, 0.2) is 57.0 Å². The second-order valence-electron chi connectivity index (χ2n) is 6.83. The summed E-state index contributed by atoms with van der Waals surface area (Å²) in [6.45, 7) is 0.493.